The van der Waals surface area contributed by atoms with E-state index in [1.54, 1.807) is 0 Å². The summed E-state index contributed by atoms with van der Waals surface area (Å²) in [6.45, 7) is -0.419. The first-order chi connectivity index (χ1) is 7.90. The fourth-order valence-corrected chi connectivity index (χ4v) is 1.36. The summed E-state index contributed by atoms with van der Waals surface area (Å²) < 4.78 is 26.7. The van der Waals surface area contributed by atoms with Crippen LogP contribution in [0.3, 0.4) is 0 Å². The molecule has 1 atom stereocenters. The Labute approximate surface area is 94.5 Å². The van der Waals surface area contributed by atoms with Gasteiger partial charge in [0.05, 0.1) is 11.5 Å². The summed E-state index contributed by atoms with van der Waals surface area (Å²) in [5, 5.41) is 17.3. The molecular formula is C10H9F2NO4. The molecule has 0 fully saturated rings. The van der Waals surface area contributed by atoms with E-state index in [9.17, 15) is 18.4 Å². The minimum atomic E-state index is -1.63. The third-order valence-electron chi connectivity index (χ3n) is 2.25. The van der Waals surface area contributed by atoms with E-state index >= 15 is 0 Å². The minimum absolute atomic E-state index is 0.419. The summed E-state index contributed by atoms with van der Waals surface area (Å²) in [6, 6.07) is 1.72. The average molecular weight is 245 g/mol. The van der Waals surface area contributed by atoms with Crippen LogP contribution in [0.15, 0.2) is 12.1 Å². The first-order valence-corrected chi connectivity index (χ1v) is 4.54. The Morgan fingerprint density at radius 2 is 1.82 bits per heavy atom. The van der Waals surface area contributed by atoms with E-state index in [0.717, 1.165) is 12.1 Å². The van der Waals surface area contributed by atoms with Crippen LogP contribution < -0.4 is 5.73 Å². The highest BCUT2D eigenvalue weighted by atomic mass is 19.2. The van der Waals surface area contributed by atoms with Crippen molar-refractivity contribution in [3.05, 3.63) is 34.9 Å². The van der Waals surface area contributed by atoms with Gasteiger partial charge in [0.1, 0.15) is 0 Å². The van der Waals surface area contributed by atoms with Gasteiger partial charge in [-0.3, -0.25) is 4.79 Å². The summed E-state index contributed by atoms with van der Waals surface area (Å²) in [5.41, 5.74) is 3.81. The molecule has 4 N–H and O–H groups in total. The summed E-state index contributed by atoms with van der Waals surface area (Å²) >= 11 is 0. The maximum Gasteiger partial charge on any atom is 0.338 e. The molecule has 0 spiro atoms. The molecule has 0 aliphatic heterocycles. The highest BCUT2D eigenvalue weighted by Gasteiger charge is 2.26. The van der Waals surface area contributed by atoms with Crippen LogP contribution in [-0.4, -0.2) is 28.7 Å². The second-order valence-corrected chi connectivity index (χ2v) is 3.26. The molecule has 7 heteroatoms. The van der Waals surface area contributed by atoms with Crippen LogP contribution in [0.4, 0.5) is 8.78 Å². The normalized spacial score (nSPS) is 12.2. The lowest BCUT2D eigenvalue weighted by Crippen LogP contribution is -2.23. The first kappa shape index (κ1) is 13.0. The zero-order chi connectivity index (χ0) is 13.2. The molecule has 0 saturated heterocycles. The minimum Gasteiger partial charge on any atom is -0.481 e. The average Bonchev–Trinajstić information content (AvgIpc) is 2.24. The number of benzene rings is 1. The van der Waals surface area contributed by atoms with Crippen molar-refractivity contribution in [3.63, 3.8) is 0 Å². The Morgan fingerprint density at radius 1 is 1.24 bits per heavy atom. The fourth-order valence-electron chi connectivity index (χ4n) is 1.36. The third kappa shape index (κ3) is 2.39. The van der Waals surface area contributed by atoms with Gasteiger partial charge in [0.25, 0.3) is 0 Å². The molecule has 0 radical (unpaired) electrons. The van der Waals surface area contributed by atoms with E-state index in [2.05, 4.69) is 0 Å². The zero-order valence-corrected chi connectivity index (χ0v) is 8.48. The van der Waals surface area contributed by atoms with E-state index in [0.29, 0.717) is 0 Å². The number of carboxylic acid groups (broad SMARTS) is 2. The van der Waals surface area contributed by atoms with Crippen LogP contribution in [0, 0.1) is 11.6 Å². The highest BCUT2D eigenvalue weighted by molar-refractivity contribution is 5.88. The van der Waals surface area contributed by atoms with Crippen molar-refractivity contribution in [1.29, 1.82) is 0 Å². The lowest BCUT2D eigenvalue weighted by Gasteiger charge is -2.12. The van der Waals surface area contributed by atoms with Crippen LogP contribution in [0.1, 0.15) is 21.8 Å². The predicted molar refractivity (Wildman–Crippen MR) is 52.7 cm³/mol. The molecule has 0 saturated carbocycles. The molecule has 5 nitrogen and oxygen atoms in total. The smallest absolute Gasteiger partial charge is 0.338 e. The number of carboxylic acids is 2. The fraction of sp³-hybridized carbons (Fsp3) is 0.200. The van der Waals surface area contributed by atoms with Crippen molar-refractivity contribution >= 4 is 11.9 Å². The van der Waals surface area contributed by atoms with Crippen molar-refractivity contribution in [2.75, 3.05) is 6.54 Å². The second kappa shape index (κ2) is 4.88. The molecule has 1 aromatic carbocycles. The number of aliphatic carboxylic acids is 1. The van der Waals surface area contributed by atoms with Crippen LogP contribution in [-0.2, 0) is 4.79 Å². The molecule has 1 rings (SSSR count). The van der Waals surface area contributed by atoms with Gasteiger partial charge in [-0.05, 0) is 6.07 Å². The van der Waals surface area contributed by atoms with Gasteiger partial charge in [-0.25, -0.2) is 13.6 Å². The predicted octanol–water partition coefficient (Wildman–Crippen LogP) is 0.790. The number of hydrogen-bond donors (Lipinski definition) is 3. The molecule has 1 aromatic rings. The van der Waals surface area contributed by atoms with Gasteiger partial charge >= 0.3 is 11.9 Å². The summed E-state index contributed by atoms with van der Waals surface area (Å²) in [4.78, 5) is 21.2. The van der Waals surface area contributed by atoms with E-state index in [1.165, 1.54) is 0 Å². The van der Waals surface area contributed by atoms with E-state index in [4.69, 9.17) is 15.9 Å². The van der Waals surface area contributed by atoms with E-state index in [1.807, 2.05) is 0 Å². The zero-order valence-electron chi connectivity index (χ0n) is 8.48. The van der Waals surface area contributed by atoms with E-state index < -0.39 is 47.2 Å². The quantitative estimate of drug-likeness (QED) is 0.728. The molecule has 0 bridgehead atoms. The molecule has 0 heterocycles. The Hall–Kier alpha value is -2.02. The van der Waals surface area contributed by atoms with Gasteiger partial charge in [0.15, 0.2) is 11.6 Å². The number of carbonyl (C=O) groups is 2. The number of rotatable bonds is 4. The summed E-state index contributed by atoms with van der Waals surface area (Å²) in [7, 11) is 0. The molecule has 0 aliphatic rings. The molecule has 0 aromatic heterocycles. The van der Waals surface area contributed by atoms with Crippen molar-refractivity contribution in [3.8, 4) is 0 Å². The molecule has 1 unspecified atom stereocenters. The van der Waals surface area contributed by atoms with Crippen molar-refractivity contribution in [1.82, 2.24) is 0 Å². The molecule has 17 heavy (non-hydrogen) atoms. The SMILES string of the molecule is NCC(C(=O)O)c1ccc(C(=O)O)c(F)c1F. The number of halogens is 2. The van der Waals surface area contributed by atoms with Crippen molar-refractivity contribution in [2.24, 2.45) is 5.73 Å². The van der Waals surface area contributed by atoms with Crippen LogP contribution in [0.5, 0.6) is 0 Å². The standard InChI is InChI=1S/C10H9F2NO4/c11-7-4(6(3-13)10(16)17)1-2-5(8(7)12)9(14)15/h1-2,6H,3,13H2,(H,14,15)(H,16,17). The van der Waals surface area contributed by atoms with Crippen molar-refractivity contribution in [2.45, 2.75) is 5.92 Å². The lowest BCUT2D eigenvalue weighted by atomic mass is 9.97. The van der Waals surface area contributed by atoms with Gasteiger partial charge in [-0.15, -0.1) is 0 Å². The molecule has 0 amide bonds. The third-order valence-corrected chi connectivity index (χ3v) is 2.25. The number of nitrogens with two attached hydrogens (primary N) is 1. The van der Waals surface area contributed by atoms with Crippen LogP contribution in [0.25, 0.3) is 0 Å². The number of hydrogen-bond acceptors (Lipinski definition) is 3. The molecule has 92 valence electrons. The summed E-state index contributed by atoms with van der Waals surface area (Å²) in [5.74, 6) is -7.54. The topological polar surface area (TPSA) is 101 Å². The second-order valence-electron chi connectivity index (χ2n) is 3.26. The molecule has 0 aliphatic carbocycles. The Morgan fingerprint density at radius 3 is 2.24 bits per heavy atom. The molecular weight excluding hydrogens is 236 g/mol. The lowest BCUT2D eigenvalue weighted by molar-refractivity contribution is -0.138. The Kier molecular flexibility index (Phi) is 3.74. The first-order valence-electron chi connectivity index (χ1n) is 4.54. The van der Waals surface area contributed by atoms with Crippen LogP contribution in [0.2, 0.25) is 0 Å². The van der Waals surface area contributed by atoms with Gasteiger partial charge in [-0.2, -0.15) is 0 Å². The van der Waals surface area contributed by atoms with Gasteiger partial charge in [0.2, 0.25) is 0 Å². The highest BCUT2D eigenvalue weighted by Crippen LogP contribution is 2.23. The number of aromatic carboxylic acids is 1. The van der Waals surface area contributed by atoms with Gasteiger partial charge < -0.3 is 15.9 Å². The summed E-state index contributed by atoms with van der Waals surface area (Å²) in [6.07, 6.45) is 0. The maximum absolute atomic E-state index is 13.5. The van der Waals surface area contributed by atoms with Crippen molar-refractivity contribution < 1.29 is 28.6 Å². The Balaban J connectivity index is 3.34. The van der Waals surface area contributed by atoms with Gasteiger partial charge in [-0.1, -0.05) is 6.07 Å². The monoisotopic (exact) mass is 245 g/mol. The van der Waals surface area contributed by atoms with Gasteiger partial charge in [0, 0.05) is 12.1 Å². The maximum atomic E-state index is 13.5. The van der Waals surface area contributed by atoms with E-state index in [-0.39, 0.29) is 0 Å². The largest absolute Gasteiger partial charge is 0.481 e. The van der Waals surface area contributed by atoms with Crippen LogP contribution >= 0.6 is 0 Å². The Bertz CT molecular complexity index is 476.